The molecule has 1 aliphatic rings. The SMILES string of the molecule is CC.C[C@@H]1OC(=O)[C@@H](C)OC1=O. The molecule has 0 aromatic rings. The molecule has 70 valence electrons. The lowest BCUT2D eigenvalue weighted by Gasteiger charge is -2.22. The van der Waals surface area contributed by atoms with Gasteiger partial charge in [-0.3, -0.25) is 0 Å². The van der Waals surface area contributed by atoms with Gasteiger partial charge in [0, 0.05) is 0 Å². The highest BCUT2D eigenvalue weighted by Gasteiger charge is 2.32. The summed E-state index contributed by atoms with van der Waals surface area (Å²) in [7, 11) is 0. The van der Waals surface area contributed by atoms with Gasteiger partial charge in [0.1, 0.15) is 0 Å². The Balaban J connectivity index is 0.000000561. The van der Waals surface area contributed by atoms with E-state index in [0.29, 0.717) is 0 Å². The summed E-state index contributed by atoms with van der Waals surface area (Å²) in [5.41, 5.74) is 0. The van der Waals surface area contributed by atoms with Crippen molar-refractivity contribution in [3.05, 3.63) is 0 Å². The van der Waals surface area contributed by atoms with Crippen molar-refractivity contribution >= 4 is 11.9 Å². The van der Waals surface area contributed by atoms with Gasteiger partial charge in [0.05, 0.1) is 0 Å². The van der Waals surface area contributed by atoms with Crippen molar-refractivity contribution in [1.29, 1.82) is 0 Å². The van der Waals surface area contributed by atoms with Crippen LogP contribution in [0.25, 0.3) is 0 Å². The number of carbonyl (C=O) groups excluding carboxylic acids is 2. The summed E-state index contributed by atoms with van der Waals surface area (Å²) in [4.78, 5) is 21.3. The number of hydrogen-bond donors (Lipinski definition) is 0. The van der Waals surface area contributed by atoms with Crippen molar-refractivity contribution in [1.82, 2.24) is 0 Å². The summed E-state index contributed by atoms with van der Waals surface area (Å²) in [5.74, 6) is -0.959. The third kappa shape index (κ3) is 2.53. The highest BCUT2D eigenvalue weighted by molar-refractivity contribution is 5.86. The van der Waals surface area contributed by atoms with Crippen molar-refractivity contribution < 1.29 is 19.1 Å². The molecule has 1 fully saturated rings. The first-order chi connectivity index (χ1) is 5.61. The summed E-state index contributed by atoms with van der Waals surface area (Å²) in [6.45, 7) is 6.96. The van der Waals surface area contributed by atoms with Crippen molar-refractivity contribution in [3.63, 3.8) is 0 Å². The molecule has 0 aromatic heterocycles. The number of rotatable bonds is 0. The molecule has 0 unspecified atom stereocenters. The minimum absolute atomic E-state index is 0.480. The van der Waals surface area contributed by atoms with E-state index in [2.05, 4.69) is 9.47 Å². The molecule has 0 spiro atoms. The van der Waals surface area contributed by atoms with Crippen molar-refractivity contribution in [2.24, 2.45) is 0 Å². The molecule has 1 rings (SSSR count). The smallest absolute Gasteiger partial charge is 0.347 e. The Morgan fingerprint density at radius 1 is 0.917 bits per heavy atom. The fourth-order valence-corrected chi connectivity index (χ4v) is 0.636. The third-order valence-corrected chi connectivity index (χ3v) is 1.25. The van der Waals surface area contributed by atoms with Gasteiger partial charge in [-0.15, -0.1) is 0 Å². The van der Waals surface area contributed by atoms with E-state index >= 15 is 0 Å². The van der Waals surface area contributed by atoms with Crippen LogP contribution in [0, 0.1) is 0 Å². The Bertz CT molecular complexity index is 156. The van der Waals surface area contributed by atoms with Crippen LogP contribution in [0.2, 0.25) is 0 Å². The predicted molar refractivity (Wildman–Crippen MR) is 42.5 cm³/mol. The highest BCUT2D eigenvalue weighted by Crippen LogP contribution is 2.08. The number of ether oxygens (including phenoxy) is 2. The minimum atomic E-state index is -0.747. The zero-order chi connectivity index (χ0) is 9.72. The summed E-state index contributed by atoms with van der Waals surface area (Å²) in [5, 5.41) is 0. The molecule has 2 atom stereocenters. The van der Waals surface area contributed by atoms with Gasteiger partial charge in [-0.05, 0) is 13.8 Å². The molecular weight excluding hydrogens is 160 g/mol. The lowest BCUT2D eigenvalue weighted by atomic mass is 10.3. The van der Waals surface area contributed by atoms with Crippen molar-refractivity contribution in [3.8, 4) is 0 Å². The zero-order valence-corrected chi connectivity index (χ0v) is 7.79. The van der Waals surface area contributed by atoms with E-state index in [1.54, 1.807) is 0 Å². The monoisotopic (exact) mass is 174 g/mol. The maximum Gasteiger partial charge on any atom is 0.347 e. The molecule has 0 bridgehead atoms. The normalized spacial score (nSPS) is 28.0. The molecule has 12 heavy (non-hydrogen) atoms. The second-order valence-electron chi connectivity index (χ2n) is 2.16. The van der Waals surface area contributed by atoms with Crippen LogP contribution in [0.4, 0.5) is 0 Å². The average Bonchev–Trinajstić information content (AvgIpc) is 2.05. The topological polar surface area (TPSA) is 52.6 Å². The van der Waals surface area contributed by atoms with Crippen LogP contribution in [0.15, 0.2) is 0 Å². The van der Waals surface area contributed by atoms with E-state index in [9.17, 15) is 9.59 Å². The first kappa shape index (κ1) is 10.9. The fraction of sp³-hybridized carbons (Fsp3) is 0.750. The Kier molecular flexibility index (Phi) is 4.33. The summed E-state index contributed by atoms with van der Waals surface area (Å²) in [6.07, 6.45) is -1.49. The van der Waals surface area contributed by atoms with Gasteiger partial charge in [0.25, 0.3) is 0 Å². The molecule has 0 amide bonds. The largest absolute Gasteiger partial charge is 0.448 e. The number of hydrogen-bond acceptors (Lipinski definition) is 4. The first-order valence-corrected chi connectivity index (χ1v) is 4.02. The Morgan fingerprint density at radius 2 is 1.17 bits per heavy atom. The van der Waals surface area contributed by atoms with Gasteiger partial charge in [0.15, 0.2) is 12.2 Å². The quantitative estimate of drug-likeness (QED) is 0.512. The summed E-state index contributed by atoms with van der Waals surface area (Å²) >= 11 is 0. The van der Waals surface area contributed by atoms with Gasteiger partial charge >= 0.3 is 11.9 Å². The van der Waals surface area contributed by atoms with Crippen LogP contribution >= 0.6 is 0 Å². The first-order valence-electron chi connectivity index (χ1n) is 4.02. The fourth-order valence-electron chi connectivity index (χ4n) is 0.636. The maximum absolute atomic E-state index is 10.7. The zero-order valence-electron chi connectivity index (χ0n) is 7.79. The maximum atomic E-state index is 10.7. The number of esters is 2. The van der Waals surface area contributed by atoms with E-state index in [4.69, 9.17) is 0 Å². The molecule has 0 radical (unpaired) electrons. The molecule has 0 N–H and O–H groups in total. The molecule has 1 aliphatic heterocycles. The molecular formula is C8H14O4. The van der Waals surface area contributed by atoms with Gasteiger partial charge in [0.2, 0.25) is 0 Å². The Hall–Kier alpha value is -1.06. The second kappa shape index (κ2) is 4.74. The van der Waals surface area contributed by atoms with Crippen LogP contribution in [0.1, 0.15) is 27.7 Å². The van der Waals surface area contributed by atoms with Crippen LogP contribution in [0.3, 0.4) is 0 Å². The summed E-state index contributed by atoms with van der Waals surface area (Å²) in [6, 6.07) is 0. The lowest BCUT2D eigenvalue weighted by molar-refractivity contribution is -0.191. The molecule has 0 saturated carbocycles. The van der Waals surface area contributed by atoms with Gasteiger partial charge in [-0.2, -0.15) is 0 Å². The van der Waals surface area contributed by atoms with Crippen LogP contribution in [-0.2, 0) is 19.1 Å². The standard InChI is InChI=1S/C6H8O4.C2H6/c1-3-5(7)10-4(2)6(8)9-3;1-2/h3-4H,1-2H3;1-2H3/t3-,4+;. The molecule has 4 nitrogen and oxygen atoms in total. The molecule has 4 heteroatoms. The van der Waals surface area contributed by atoms with E-state index in [1.807, 2.05) is 13.8 Å². The number of carbonyl (C=O) groups is 2. The van der Waals surface area contributed by atoms with E-state index in [-0.39, 0.29) is 0 Å². The minimum Gasteiger partial charge on any atom is -0.448 e. The number of cyclic esters (lactones) is 2. The van der Waals surface area contributed by atoms with E-state index < -0.39 is 24.1 Å². The lowest BCUT2D eigenvalue weighted by Crippen LogP contribution is -2.40. The van der Waals surface area contributed by atoms with E-state index in [1.165, 1.54) is 13.8 Å². The van der Waals surface area contributed by atoms with Crippen molar-refractivity contribution in [2.75, 3.05) is 0 Å². The van der Waals surface area contributed by atoms with Gasteiger partial charge in [-0.25, -0.2) is 9.59 Å². The third-order valence-electron chi connectivity index (χ3n) is 1.25. The Morgan fingerprint density at radius 3 is 1.42 bits per heavy atom. The van der Waals surface area contributed by atoms with Crippen LogP contribution in [0.5, 0.6) is 0 Å². The van der Waals surface area contributed by atoms with Gasteiger partial charge in [-0.1, -0.05) is 13.8 Å². The van der Waals surface area contributed by atoms with Crippen molar-refractivity contribution in [2.45, 2.75) is 39.9 Å². The highest BCUT2D eigenvalue weighted by atomic mass is 16.6. The van der Waals surface area contributed by atoms with E-state index in [0.717, 1.165) is 0 Å². The Labute approximate surface area is 71.8 Å². The van der Waals surface area contributed by atoms with Crippen LogP contribution < -0.4 is 0 Å². The molecule has 0 aliphatic carbocycles. The second-order valence-corrected chi connectivity index (χ2v) is 2.16. The average molecular weight is 174 g/mol. The molecule has 1 heterocycles. The van der Waals surface area contributed by atoms with Crippen LogP contribution in [-0.4, -0.2) is 24.1 Å². The predicted octanol–water partition coefficient (Wildman–Crippen LogP) is 0.890. The van der Waals surface area contributed by atoms with Gasteiger partial charge < -0.3 is 9.47 Å². The summed E-state index contributed by atoms with van der Waals surface area (Å²) < 4.78 is 9.19. The molecule has 1 saturated heterocycles. The molecule has 0 aromatic carbocycles.